The Labute approximate surface area is 92.6 Å². The molecule has 0 saturated carbocycles. The smallest absolute Gasteiger partial charge is 0.236 e. The van der Waals surface area contributed by atoms with Crippen LogP contribution in [-0.2, 0) is 4.79 Å². The fourth-order valence-corrected chi connectivity index (χ4v) is 2.12. The monoisotopic (exact) mass is 213 g/mol. The van der Waals surface area contributed by atoms with Crippen LogP contribution in [-0.4, -0.2) is 63.0 Å². The maximum Gasteiger partial charge on any atom is 0.236 e. The van der Waals surface area contributed by atoms with E-state index in [0.717, 1.165) is 26.1 Å². The maximum atomic E-state index is 11.8. The molecule has 1 saturated heterocycles. The van der Waals surface area contributed by atoms with Gasteiger partial charge in [-0.1, -0.05) is 0 Å². The number of hydrogen-bond donors (Lipinski definition) is 1. The van der Waals surface area contributed by atoms with Crippen LogP contribution < -0.4 is 5.32 Å². The summed E-state index contributed by atoms with van der Waals surface area (Å²) in [5.74, 6) is 0.899. The minimum absolute atomic E-state index is 0.265. The van der Waals surface area contributed by atoms with Crippen LogP contribution in [0.25, 0.3) is 0 Å². The van der Waals surface area contributed by atoms with E-state index < -0.39 is 0 Å². The van der Waals surface area contributed by atoms with Crippen molar-refractivity contribution >= 4 is 5.91 Å². The van der Waals surface area contributed by atoms with Gasteiger partial charge in [-0.2, -0.15) is 0 Å². The van der Waals surface area contributed by atoms with Crippen molar-refractivity contribution in [3.05, 3.63) is 0 Å². The van der Waals surface area contributed by atoms with Gasteiger partial charge < -0.3 is 15.1 Å². The molecule has 0 aromatic heterocycles. The van der Waals surface area contributed by atoms with Crippen molar-refractivity contribution < 1.29 is 4.79 Å². The first-order chi connectivity index (χ1) is 7.13. The lowest BCUT2D eigenvalue weighted by Gasteiger charge is -2.33. The SMILES string of the molecule is CNCC1CCCN(C(=O)CN(C)C)C1. The third kappa shape index (κ3) is 4.18. The number of likely N-dealkylation sites (tertiary alicyclic amines) is 1. The molecule has 4 nitrogen and oxygen atoms in total. The zero-order chi connectivity index (χ0) is 11.3. The van der Waals surface area contributed by atoms with Gasteiger partial charge in [0.2, 0.25) is 5.91 Å². The number of carbonyl (C=O) groups excluding carboxylic acids is 1. The second-order valence-corrected chi connectivity index (χ2v) is 4.64. The number of nitrogens with one attached hydrogen (secondary N) is 1. The van der Waals surface area contributed by atoms with E-state index in [9.17, 15) is 4.79 Å². The highest BCUT2D eigenvalue weighted by Gasteiger charge is 2.22. The third-order valence-electron chi connectivity index (χ3n) is 2.82. The highest BCUT2D eigenvalue weighted by atomic mass is 16.2. The average molecular weight is 213 g/mol. The van der Waals surface area contributed by atoms with Crippen LogP contribution in [0.3, 0.4) is 0 Å². The molecule has 0 aliphatic carbocycles. The van der Waals surface area contributed by atoms with Crippen molar-refractivity contribution in [2.24, 2.45) is 5.92 Å². The summed E-state index contributed by atoms with van der Waals surface area (Å²) in [4.78, 5) is 15.8. The molecule has 15 heavy (non-hydrogen) atoms. The quantitative estimate of drug-likeness (QED) is 0.714. The number of hydrogen-bond acceptors (Lipinski definition) is 3. The van der Waals surface area contributed by atoms with Crippen LogP contribution in [0.15, 0.2) is 0 Å². The summed E-state index contributed by atoms with van der Waals surface area (Å²) in [5.41, 5.74) is 0. The van der Waals surface area contributed by atoms with Gasteiger partial charge in [0, 0.05) is 13.1 Å². The van der Waals surface area contributed by atoms with E-state index in [1.807, 2.05) is 30.9 Å². The molecule has 1 aliphatic heterocycles. The molecule has 1 aliphatic rings. The highest BCUT2D eigenvalue weighted by Crippen LogP contribution is 2.15. The number of piperidine rings is 1. The lowest BCUT2D eigenvalue weighted by Crippen LogP contribution is -2.45. The van der Waals surface area contributed by atoms with Gasteiger partial charge in [-0.15, -0.1) is 0 Å². The van der Waals surface area contributed by atoms with Gasteiger partial charge in [0.1, 0.15) is 0 Å². The Kier molecular flexibility index (Phi) is 5.05. The van der Waals surface area contributed by atoms with Crippen LogP contribution in [0.5, 0.6) is 0 Å². The Morgan fingerprint density at radius 3 is 2.87 bits per heavy atom. The summed E-state index contributed by atoms with van der Waals surface area (Å²) in [6, 6.07) is 0. The average Bonchev–Trinajstić information content (AvgIpc) is 2.17. The van der Waals surface area contributed by atoms with Crippen LogP contribution >= 0.6 is 0 Å². The molecule has 1 amide bonds. The minimum atomic E-state index is 0.265. The largest absolute Gasteiger partial charge is 0.341 e. The zero-order valence-corrected chi connectivity index (χ0v) is 10.1. The summed E-state index contributed by atoms with van der Waals surface area (Å²) in [5, 5.41) is 3.19. The number of likely N-dealkylation sites (N-methyl/N-ethyl adjacent to an activating group) is 1. The van der Waals surface area contributed by atoms with E-state index in [2.05, 4.69) is 5.32 Å². The Morgan fingerprint density at radius 1 is 1.53 bits per heavy atom. The van der Waals surface area contributed by atoms with Crippen LogP contribution in [0, 0.1) is 5.92 Å². The molecule has 1 atom stereocenters. The molecule has 4 heteroatoms. The van der Waals surface area contributed by atoms with Gasteiger partial charge in [0.25, 0.3) is 0 Å². The Morgan fingerprint density at radius 2 is 2.27 bits per heavy atom. The molecule has 0 bridgehead atoms. The summed E-state index contributed by atoms with van der Waals surface area (Å²) in [6.45, 7) is 3.42. The van der Waals surface area contributed by atoms with E-state index in [4.69, 9.17) is 0 Å². The van der Waals surface area contributed by atoms with Gasteiger partial charge in [-0.05, 0) is 46.4 Å². The van der Waals surface area contributed by atoms with Crippen LogP contribution in [0.1, 0.15) is 12.8 Å². The van der Waals surface area contributed by atoms with E-state index in [-0.39, 0.29) is 5.91 Å². The van der Waals surface area contributed by atoms with Crippen molar-refractivity contribution in [1.29, 1.82) is 0 Å². The fraction of sp³-hybridized carbons (Fsp3) is 0.909. The van der Waals surface area contributed by atoms with Gasteiger partial charge in [-0.3, -0.25) is 4.79 Å². The van der Waals surface area contributed by atoms with Crippen molar-refractivity contribution in [2.75, 3.05) is 47.3 Å². The molecule has 0 aromatic carbocycles. The molecular weight excluding hydrogens is 190 g/mol. The first-order valence-corrected chi connectivity index (χ1v) is 5.70. The number of carbonyl (C=O) groups is 1. The van der Waals surface area contributed by atoms with Crippen LogP contribution in [0.2, 0.25) is 0 Å². The van der Waals surface area contributed by atoms with Gasteiger partial charge in [-0.25, -0.2) is 0 Å². The second kappa shape index (κ2) is 6.08. The summed E-state index contributed by atoms with van der Waals surface area (Å²) in [6.07, 6.45) is 2.39. The molecule has 1 rings (SSSR count). The molecule has 1 heterocycles. The zero-order valence-electron chi connectivity index (χ0n) is 10.1. The lowest BCUT2D eigenvalue weighted by molar-refractivity contribution is -0.133. The summed E-state index contributed by atoms with van der Waals surface area (Å²) in [7, 11) is 5.85. The Bertz CT molecular complexity index is 204. The molecule has 0 radical (unpaired) electrons. The topological polar surface area (TPSA) is 35.6 Å². The predicted octanol–water partition coefficient (Wildman–Crippen LogP) is 0.00600. The normalized spacial score (nSPS) is 22.1. The van der Waals surface area contributed by atoms with E-state index in [0.29, 0.717) is 12.5 Å². The van der Waals surface area contributed by atoms with E-state index in [1.165, 1.54) is 6.42 Å². The molecule has 0 spiro atoms. The van der Waals surface area contributed by atoms with E-state index >= 15 is 0 Å². The standard InChI is InChI=1S/C11H23N3O/c1-12-7-10-5-4-6-14(8-10)11(15)9-13(2)3/h10,12H,4-9H2,1-3H3. The second-order valence-electron chi connectivity index (χ2n) is 4.64. The molecule has 1 N–H and O–H groups in total. The first-order valence-electron chi connectivity index (χ1n) is 5.70. The minimum Gasteiger partial charge on any atom is -0.341 e. The van der Waals surface area contributed by atoms with Gasteiger partial charge in [0.05, 0.1) is 6.54 Å². The molecule has 1 fully saturated rings. The van der Waals surface area contributed by atoms with Crippen molar-refractivity contribution in [1.82, 2.24) is 15.1 Å². The Hall–Kier alpha value is -0.610. The summed E-state index contributed by atoms with van der Waals surface area (Å²) >= 11 is 0. The van der Waals surface area contributed by atoms with Crippen molar-refractivity contribution in [3.63, 3.8) is 0 Å². The molecular formula is C11H23N3O. The third-order valence-corrected chi connectivity index (χ3v) is 2.82. The predicted molar refractivity (Wildman–Crippen MR) is 61.8 cm³/mol. The molecule has 0 aromatic rings. The summed E-state index contributed by atoms with van der Waals surface area (Å²) < 4.78 is 0. The Balaban J connectivity index is 2.38. The first kappa shape index (κ1) is 12.5. The molecule has 1 unspecified atom stereocenters. The maximum absolute atomic E-state index is 11.8. The number of rotatable bonds is 4. The van der Waals surface area contributed by atoms with Crippen molar-refractivity contribution in [3.8, 4) is 0 Å². The van der Waals surface area contributed by atoms with Gasteiger partial charge >= 0.3 is 0 Å². The number of amides is 1. The lowest BCUT2D eigenvalue weighted by atomic mass is 9.98. The molecule has 88 valence electrons. The van der Waals surface area contributed by atoms with Gasteiger partial charge in [0.15, 0.2) is 0 Å². The highest BCUT2D eigenvalue weighted by molar-refractivity contribution is 5.78. The van der Waals surface area contributed by atoms with Crippen LogP contribution in [0.4, 0.5) is 0 Å². The van der Waals surface area contributed by atoms with E-state index in [1.54, 1.807) is 0 Å². The number of nitrogens with zero attached hydrogens (tertiary/aromatic N) is 2. The van der Waals surface area contributed by atoms with Crippen molar-refractivity contribution in [2.45, 2.75) is 12.8 Å². The fourth-order valence-electron chi connectivity index (χ4n) is 2.12.